The standard InChI is InChI=1S/C14H29N3/c1-5-11(2)16(4)14(9-15)8-12(3)17(10-14)13-6-7-13/h11-13H,5-10,15H2,1-4H3. The van der Waals surface area contributed by atoms with Gasteiger partial charge in [-0.2, -0.15) is 0 Å². The van der Waals surface area contributed by atoms with Crippen LogP contribution in [0, 0.1) is 0 Å². The third-order valence-electron chi connectivity index (χ3n) is 5.11. The Kier molecular flexibility index (Phi) is 3.81. The van der Waals surface area contributed by atoms with Gasteiger partial charge in [0.15, 0.2) is 0 Å². The summed E-state index contributed by atoms with van der Waals surface area (Å²) in [5.74, 6) is 0. The molecule has 1 saturated heterocycles. The van der Waals surface area contributed by atoms with Crippen molar-refractivity contribution in [2.24, 2.45) is 5.73 Å². The van der Waals surface area contributed by atoms with Crippen molar-refractivity contribution in [3.05, 3.63) is 0 Å². The van der Waals surface area contributed by atoms with Crippen LogP contribution in [0.1, 0.15) is 46.5 Å². The molecule has 1 heterocycles. The third-order valence-corrected chi connectivity index (χ3v) is 5.11. The summed E-state index contributed by atoms with van der Waals surface area (Å²) in [5, 5.41) is 0. The maximum Gasteiger partial charge on any atom is 0.0473 e. The predicted octanol–water partition coefficient (Wildman–Crippen LogP) is 1.67. The summed E-state index contributed by atoms with van der Waals surface area (Å²) in [6.07, 6.45) is 5.24. The van der Waals surface area contributed by atoms with Crippen LogP contribution in [0.3, 0.4) is 0 Å². The number of hydrogen-bond donors (Lipinski definition) is 1. The van der Waals surface area contributed by atoms with E-state index in [2.05, 4.69) is 37.6 Å². The zero-order valence-corrected chi connectivity index (χ0v) is 11.9. The summed E-state index contributed by atoms with van der Waals surface area (Å²) in [6, 6.07) is 2.20. The monoisotopic (exact) mass is 239 g/mol. The molecule has 1 aliphatic carbocycles. The van der Waals surface area contributed by atoms with Crippen molar-refractivity contribution in [2.75, 3.05) is 20.1 Å². The summed E-state index contributed by atoms with van der Waals surface area (Å²) in [6.45, 7) is 8.93. The van der Waals surface area contributed by atoms with Crippen LogP contribution in [0.2, 0.25) is 0 Å². The smallest absolute Gasteiger partial charge is 0.0473 e. The van der Waals surface area contributed by atoms with Crippen LogP contribution in [-0.2, 0) is 0 Å². The minimum atomic E-state index is 0.220. The van der Waals surface area contributed by atoms with Gasteiger partial charge < -0.3 is 5.73 Å². The first-order chi connectivity index (χ1) is 8.04. The number of hydrogen-bond acceptors (Lipinski definition) is 3. The van der Waals surface area contributed by atoms with E-state index in [0.29, 0.717) is 12.1 Å². The Morgan fingerprint density at radius 1 is 1.47 bits per heavy atom. The van der Waals surface area contributed by atoms with Gasteiger partial charge in [-0.1, -0.05) is 6.92 Å². The van der Waals surface area contributed by atoms with Crippen molar-refractivity contribution < 1.29 is 0 Å². The predicted molar refractivity (Wildman–Crippen MR) is 73.1 cm³/mol. The fourth-order valence-electron chi connectivity index (χ4n) is 3.41. The van der Waals surface area contributed by atoms with Crippen LogP contribution in [0.25, 0.3) is 0 Å². The molecule has 0 bridgehead atoms. The van der Waals surface area contributed by atoms with E-state index in [1.54, 1.807) is 0 Å². The van der Waals surface area contributed by atoms with Gasteiger partial charge in [-0.15, -0.1) is 0 Å². The molecule has 3 atom stereocenters. The zero-order valence-electron chi connectivity index (χ0n) is 11.9. The zero-order chi connectivity index (χ0) is 12.6. The largest absolute Gasteiger partial charge is 0.329 e. The highest BCUT2D eigenvalue weighted by Gasteiger charge is 2.48. The molecule has 1 aliphatic heterocycles. The lowest BCUT2D eigenvalue weighted by Gasteiger charge is -2.41. The van der Waals surface area contributed by atoms with Crippen LogP contribution in [-0.4, -0.2) is 53.6 Å². The molecule has 2 aliphatic rings. The summed E-state index contributed by atoms with van der Waals surface area (Å²) < 4.78 is 0. The van der Waals surface area contributed by atoms with Crippen molar-refractivity contribution in [2.45, 2.75) is 70.1 Å². The van der Waals surface area contributed by atoms with Crippen molar-refractivity contribution in [1.82, 2.24) is 9.80 Å². The van der Waals surface area contributed by atoms with Crippen LogP contribution in [0.4, 0.5) is 0 Å². The topological polar surface area (TPSA) is 32.5 Å². The van der Waals surface area contributed by atoms with Gasteiger partial charge >= 0.3 is 0 Å². The molecule has 2 rings (SSSR count). The maximum atomic E-state index is 6.14. The molecule has 3 nitrogen and oxygen atoms in total. The molecule has 0 aromatic rings. The second-order valence-electron chi connectivity index (χ2n) is 6.25. The molecule has 100 valence electrons. The third kappa shape index (κ3) is 2.38. The van der Waals surface area contributed by atoms with Crippen LogP contribution in [0.5, 0.6) is 0 Å². The Hall–Kier alpha value is -0.120. The lowest BCUT2D eigenvalue weighted by Crippen LogP contribution is -2.56. The first-order valence-electron chi connectivity index (χ1n) is 7.23. The van der Waals surface area contributed by atoms with Gasteiger partial charge in [0.1, 0.15) is 0 Å². The summed E-state index contributed by atoms with van der Waals surface area (Å²) in [7, 11) is 2.27. The van der Waals surface area contributed by atoms with E-state index in [4.69, 9.17) is 5.73 Å². The van der Waals surface area contributed by atoms with Gasteiger partial charge in [-0.05, 0) is 46.6 Å². The first kappa shape index (κ1) is 13.3. The second-order valence-corrected chi connectivity index (χ2v) is 6.25. The highest BCUT2D eigenvalue weighted by atomic mass is 15.3. The van der Waals surface area contributed by atoms with Crippen LogP contribution in [0.15, 0.2) is 0 Å². The molecule has 2 N–H and O–H groups in total. The quantitative estimate of drug-likeness (QED) is 0.792. The average Bonchev–Trinajstić information content (AvgIpc) is 3.11. The molecule has 0 amide bonds. The minimum absolute atomic E-state index is 0.220. The number of nitrogens with two attached hydrogens (primary N) is 1. The summed E-state index contributed by atoms with van der Waals surface area (Å²) in [4.78, 5) is 5.25. The first-order valence-corrected chi connectivity index (χ1v) is 7.23. The minimum Gasteiger partial charge on any atom is -0.329 e. The Morgan fingerprint density at radius 2 is 2.12 bits per heavy atom. The molecule has 3 unspecified atom stereocenters. The fraction of sp³-hybridized carbons (Fsp3) is 1.00. The van der Waals surface area contributed by atoms with E-state index >= 15 is 0 Å². The molecule has 17 heavy (non-hydrogen) atoms. The van der Waals surface area contributed by atoms with E-state index in [1.165, 1.54) is 32.2 Å². The number of likely N-dealkylation sites (N-methyl/N-ethyl adjacent to an activating group) is 1. The van der Waals surface area contributed by atoms with Crippen molar-refractivity contribution in [3.63, 3.8) is 0 Å². The molecule has 0 aromatic heterocycles. The SMILES string of the molecule is CCC(C)N(C)C1(CN)CC(C)N(C2CC2)C1. The Labute approximate surface area is 106 Å². The van der Waals surface area contributed by atoms with Crippen molar-refractivity contribution >= 4 is 0 Å². The highest BCUT2D eigenvalue weighted by Crippen LogP contribution is 2.39. The molecule has 1 saturated carbocycles. The average molecular weight is 239 g/mol. The van der Waals surface area contributed by atoms with E-state index in [9.17, 15) is 0 Å². The van der Waals surface area contributed by atoms with Crippen LogP contribution >= 0.6 is 0 Å². The lowest BCUT2D eigenvalue weighted by atomic mass is 9.92. The molecule has 0 radical (unpaired) electrons. The summed E-state index contributed by atoms with van der Waals surface area (Å²) >= 11 is 0. The van der Waals surface area contributed by atoms with E-state index < -0.39 is 0 Å². The van der Waals surface area contributed by atoms with Gasteiger partial charge in [0.25, 0.3) is 0 Å². The molecule has 0 aromatic carbocycles. The molecule has 0 spiro atoms. The number of likely N-dealkylation sites (tertiary alicyclic amines) is 1. The Morgan fingerprint density at radius 3 is 2.59 bits per heavy atom. The summed E-state index contributed by atoms with van der Waals surface area (Å²) in [5.41, 5.74) is 6.36. The van der Waals surface area contributed by atoms with E-state index in [1.807, 2.05) is 0 Å². The fourth-order valence-corrected chi connectivity index (χ4v) is 3.41. The van der Waals surface area contributed by atoms with Crippen LogP contribution < -0.4 is 5.73 Å². The van der Waals surface area contributed by atoms with Gasteiger partial charge in [0.2, 0.25) is 0 Å². The molecule has 3 heteroatoms. The molecular formula is C14H29N3. The Bertz CT molecular complexity index is 264. The maximum absolute atomic E-state index is 6.14. The van der Waals surface area contributed by atoms with Crippen molar-refractivity contribution in [3.8, 4) is 0 Å². The molecule has 2 fully saturated rings. The number of nitrogens with zero attached hydrogens (tertiary/aromatic N) is 2. The van der Waals surface area contributed by atoms with Gasteiger partial charge in [-0.3, -0.25) is 9.80 Å². The molecular weight excluding hydrogens is 210 g/mol. The van der Waals surface area contributed by atoms with Crippen molar-refractivity contribution in [1.29, 1.82) is 0 Å². The normalized spacial score (nSPS) is 36.7. The number of rotatable bonds is 5. The van der Waals surface area contributed by atoms with E-state index in [-0.39, 0.29) is 5.54 Å². The lowest BCUT2D eigenvalue weighted by molar-refractivity contribution is 0.0866. The van der Waals surface area contributed by atoms with Gasteiger partial charge in [0, 0.05) is 36.8 Å². The Balaban J connectivity index is 2.09. The second kappa shape index (κ2) is 4.87. The van der Waals surface area contributed by atoms with Gasteiger partial charge in [0.05, 0.1) is 0 Å². The highest BCUT2D eigenvalue weighted by molar-refractivity contribution is 5.06. The van der Waals surface area contributed by atoms with E-state index in [0.717, 1.165) is 12.6 Å². The van der Waals surface area contributed by atoms with Gasteiger partial charge in [-0.25, -0.2) is 0 Å².